The monoisotopic (exact) mass is 251 g/mol. The quantitative estimate of drug-likeness (QED) is 0.660. The highest BCUT2D eigenvalue weighted by atomic mass is 16.5. The van der Waals surface area contributed by atoms with Crippen molar-refractivity contribution in [3.05, 3.63) is 35.9 Å². The van der Waals surface area contributed by atoms with Crippen molar-refractivity contribution >= 4 is 0 Å². The van der Waals surface area contributed by atoms with E-state index in [-0.39, 0.29) is 0 Å². The normalized spacial score (nSPS) is 14.4. The molecular weight excluding hydrogens is 226 g/mol. The molecule has 0 saturated carbocycles. The van der Waals surface area contributed by atoms with Crippen LogP contribution in [0.2, 0.25) is 0 Å². The van der Waals surface area contributed by atoms with Gasteiger partial charge >= 0.3 is 0 Å². The van der Waals surface area contributed by atoms with Crippen LogP contribution in [0.5, 0.6) is 0 Å². The van der Waals surface area contributed by atoms with Crippen molar-refractivity contribution in [1.82, 2.24) is 5.32 Å². The average Bonchev–Trinajstić information content (AvgIpc) is 2.36. The molecule has 0 saturated heterocycles. The molecule has 0 aliphatic carbocycles. The molecule has 2 N–H and O–H groups in total. The van der Waals surface area contributed by atoms with Crippen molar-refractivity contribution in [1.29, 1.82) is 0 Å². The van der Waals surface area contributed by atoms with Crippen LogP contribution < -0.4 is 5.32 Å². The fourth-order valence-corrected chi connectivity index (χ4v) is 1.94. The number of aliphatic hydroxyl groups is 1. The lowest BCUT2D eigenvalue weighted by Gasteiger charge is -2.23. The Morgan fingerprint density at radius 2 is 2.00 bits per heavy atom. The highest BCUT2D eigenvalue weighted by molar-refractivity contribution is 5.14. The summed E-state index contributed by atoms with van der Waals surface area (Å²) < 4.78 is 4.95. The molecule has 18 heavy (non-hydrogen) atoms. The summed E-state index contributed by atoms with van der Waals surface area (Å²) in [6.45, 7) is 3.97. The molecule has 1 aromatic carbocycles. The van der Waals surface area contributed by atoms with Crippen LogP contribution in [-0.2, 0) is 11.2 Å². The third kappa shape index (κ3) is 6.74. The van der Waals surface area contributed by atoms with Crippen molar-refractivity contribution < 1.29 is 9.84 Å². The van der Waals surface area contributed by atoms with E-state index in [1.54, 1.807) is 7.11 Å². The van der Waals surface area contributed by atoms with E-state index >= 15 is 0 Å². The zero-order chi connectivity index (χ0) is 13.3. The molecule has 0 aliphatic heterocycles. The second-order valence-electron chi connectivity index (χ2n) is 5.01. The summed E-state index contributed by atoms with van der Waals surface area (Å²) in [5.74, 6) is 0. The molecule has 0 bridgehead atoms. The first kappa shape index (κ1) is 15.2. The van der Waals surface area contributed by atoms with Crippen LogP contribution in [0.15, 0.2) is 30.3 Å². The predicted molar refractivity (Wildman–Crippen MR) is 74.7 cm³/mol. The van der Waals surface area contributed by atoms with Crippen LogP contribution >= 0.6 is 0 Å². The third-order valence-corrected chi connectivity index (χ3v) is 3.01. The van der Waals surface area contributed by atoms with Crippen LogP contribution in [0.3, 0.4) is 0 Å². The van der Waals surface area contributed by atoms with Gasteiger partial charge in [0, 0.05) is 20.2 Å². The first-order valence-electron chi connectivity index (χ1n) is 6.60. The van der Waals surface area contributed by atoms with Gasteiger partial charge in [-0.15, -0.1) is 0 Å². The Morgan fingerprint density at radius 1 is 1.28 bits per heavy atom. The number of methoxy groups -OCH3 is 1. The van der Waals surface area contributed by atoms with Gasteiger partial charge in [0.25, 0.3) is 0 Å². The predicted octanol–water partition coefficient (Wildman–Crippen LogP) is 2.00. The first-order valence-corrected chi connectivity index (χ1v) is 6.60. The van der Waals surface area contributed by atoms with E-state index in [2.05, 4.69) is 29.6 Å². The molecule has 0 aromatic heterocycles. The Kier molecular flexibility index (Phi) is 6.94. The lowest BCUT2D eigenvalue weighted by atomic mass is 9.97. The summed E-state index contributed by atoms with van der Waals surface area (Å²) in [6, 6.07) is 10.4. The fraction of sp³-hybridized carbons (Fsp3) is 0.600. The van der Waals surface area contributed by atoms with E-state index in [4.69, 9.17) is 4.74 Å². The maximum absolute atomic E-state index is 10.2. The Morgan fingerprint density at radius 3 is 2.67 bits per heavy atom. The van der Waals surface area contributed by atoms with E-state index < -0.39 is 5.60 Å². The van der Waals surface area contributed by atoms with Gasteiger partial charge in [0.15, 0.2) is 0 Å². The van der Waals surface area contributed by atoms with Gasteiger partial charge in [0.1, 0.15) is 0 Å². The molecule has 0 radical (unpaired) electrons. The van der Waals surface area contributed by atoms with Crippen molar-refractivity contribution in [2.45, 2.75) is 31.8 Å². The summed E-state index contributed by atoms with van der Waals surface area (Å²) in [5.41, 5.74) is 0.698. The largest absolute Gasteiger partial charge is 0.389 e. The minimum atomic E-state index is -0.636. The number of rotatable bonds is 9. The summed E-state index contributed by atoms with van der Waals surface area (Å²) in [4.78, 5) is 0. The molecule has 1 unspecified atom stereocenters. The fourth-order valence-electron chi connectivity index (χ4n) is 1.94. The Balaban J connectivity index is 2.16. The van der Waals surface area contributed by atoms with Gasteiger partial charge in [0.2, 0.25) is 0 Å². The molecular formula is C15H25NO2. The van der Waals surface area contributed by atoms with E-state index in [1.807, 2.05) is 13.0 Å². The van der Waals surface area contributed by atoms with Gasteiger partial charge in [-0.05, 0) is 31.7 Å². The van der Waals surface area contributed by atoms with Gasteiger partial charge in [-0.2, -0.15) is 0 Å². The topological polar surface area (TPSA) is 41.5 Å². The van der Waals surface area contributed by atoms with Gasteiger partial charge < -0.3 is 15.2 Å². The summed E-state index contributed by atoms with van der Waals surface area (Å²) in [5, 5.41) is 13.4. The smallest absolute Gasteiger partial charge is 0.0743 e. The van der Waals surface area contributed by atoms with Crippen molar-refractivity contribution in [2.24, 2.45) is 0 Å². The molecule has 1 rings (SSSR count). The SMILES string of the molecule is COCCNCC(C)(O)CCCc1ccccc1. The van der Waals surface area contributed by atoms with Gasteiger partial charge in [-0.25, -0.2) is 0 Å². The van der Waals surface area contributed by atoms with Gasteiger partial charge in [-0.3, -0.25) is 0 Å². The molecule has 0 amide bonds. The zero-order valence-electron chi connectivity index (χ0n) is 11.5. The third-order valence-electron chi connectivity index (χ3n) is 3.01. The Labute approximate surface area is 110 Å². The second kappa shape index (κ2) is 8.25. The molecule has 0 fully saturated rings. The molecule has 1 atom stereocenters. The standard InChI is InChI=1S/C15H25NO2/c1-15(17,13-16-11-12-18-2)10-6-9-14-7-4-3-5-8-14/h3-5,7-8,16-17H,6,9-13H2,1-2H3. The van der Waals surface area contributed by atoms with E-state index in [0.717, 1.165) is 25.8 Å². The van der Waals surface area contributed by atoms with E-state index in [9.17, 15) is 5.11 Å². The lowest BCUT2D eigenvalue weighted by Crippen LogP contribution is -2.39. The zero-order valence-corrected chi connectivity index (χ0v) is 11.5. The highest BCUT2D eigenvalue weighted by Crippen LogP contribution is 2.13. The molecule has 0 aliphatic rings. The van der Waals surface area contributed by atoms with E-state index in [1.165, 1.54) is 5.56 Å². The maximum Gasteiger partial charge on any atom is 0.0743 e. The summed E-state index contributed by atoms with van der Waals surface area (Å²) >= 11 is 0. The van der Waals surface area contributed by atoms with Gasteiger partial charge in [-0.1, -0.05) is 30.3 Å². The maximum atomic E-state index is 10.2. The van der Waals surface area contributed by atoms with E-state index in [0.29, 0.717) is 13.2 Å². The summed E-state index contributed by atoms with van der Waals surface area (Å²) in [7, 11) is 1.68. The van der Waals surface area contributed by atoms with Crippen molar-refractivity contribution in [3.63, 3.8) is 0 Å². The molecule has 102 valence electrons. The number of hydrogen-bond acceptors (Lipinski definition) is 3. The molecule has 1 aromatic rings. The van der Waals surface area contributed by atoms with Crippen LogP contribution in [0, 0.1) is 0 Å². The minimum Gasteiger partial charge on any atom is -0.389 e. The first-order chi connectivity index (χ1) is 8.64. The number of ether oxygens (including phenoxy) is 1. The van der Waals surface area contributed by atoms with Crippen LogP contribution in [0.1, 0.15) is 25.3 Å². The minimum absolute atomic E-state index is 0.616. The van der Waals surface area contributed by atoms with Crippen LogP contribution in [0.4, 0.5) is 0 Å². The number of hydrogen-bond donors (Lipinski definition) is 2. The number of nitrogens with one attached hydrogen (secondary N) is 1. The second-order valence-corrected chi connectivity index (χ2v) is 5.01. The number of aryl methyl sites for hydroxylation is 1. The molecule has 0 spiro atoms. The Hall–Kier alpha value is -0.900. The van der Waals surface area contributed by atoms with Crippen LogP contribution in [-0.4, -0.2) is 37.5 Å². The summed E-state index contributed by atoms with van der Waals surface area (Å²) in [6.07, 6.45) is 2.83. The average molecular weight is 251 g/mol. The van der Waals surface area contributed by atoms with Crippen molar-refractivity contribution in [3.8, 4) is 0 Å². The molecule has 0 heterocycles. The highest BCUT2D eigenvalue weighted by Gasteiger charge is 2.18. The van der Waals surface area contributed by atoms with Gasteiger partial charge in [0.05, 0.1) is 12.2 Å². The molecule has 3 nitrogen and oxygen atoms in total. The van der Waals surface area contributed by atoms with Crippen molar-refractivity contribution in [2.75, 3.05) is 26.8 Å². The lowest BCUT2D eigenvalue weighted by molar-refractivity contribution is 0.0471. The number of benzene rings is 1. The Bertz CT molecular complexity index is 312. The van der Waals surface area contributed by atoms with Crippen LogP contribution in [0.25, 0.3) is 0 Å². The molecule has 3 heteroatoms.